The van der Waals surface area contributed by atoms with Crippen molar-refractivity contribution in [3.05, 3.63) is 71.2 Å². The predicted octanol–water partition coefficient (Wildman–Crippen LogP) is 3.69. The van der Waals surface area contributed by atoms with Gasteiger partial charge in [-0.15, -0.1) is 0 Å². The zero-order chi connectivity index (χ0) is 18.1. The van der Waals surface area contributed by atoms with Crippen LogP contribution in [0.4, 0.5) is 4.39 Å². The average Bonchev–Trinajstić information content (AvgIpc) is 3.11. The van der Waals surface area contributed by atoms with Gasteiger partial charge in [0.25, 0.3) is 5.91 Å². The molecule has 0 N–H and O–H groups in total. The van der Waals surface area contributed by atoms with Crippen LogP contribution in [0.2, 0.25) is 0 Å². The van der Waals surface area contributed by atoms with Crippen molar-refractivity contribution >= 4 is 5.91 Å². The van der Waals surface area contributed by atoms with Gasteiger partial charge < -0.3 is 14.2 Å². The number of amides is 1. The first-order chi connectivity index (χ1) is 12.7. The van der Waals surface area contributed by atoms with E-state index in [1.54, 1.807) is 36.3 Å². The normalized spacial score (nSPS) is 13.4. The SMILES string of the molecule is COc1ccccc1C(=O)N1CCc2c(noc2-c2ccc(F)cc2)C1. The van der Waals surface area contributed by atoms with Crippen molar-refractivity contribution in [2.75, 3.05) is 13.7 Å². The fraction of sp³-hybridized carbons (Fsp3) is 0.200. The van der Waals surface area contributed by atoms with E-state index in [2.05, 4.69) is 5.16 Å². The largest absolute Gasteiger partial charge is 0.496 e. The highest BCUT2D eigenvalue weighted by Gasteiger charge is 2.28. The molecule has 0 spiro atoms. The zero-order valence-electron chi connectivity index (χ0n) is 14.2. The van der Waals surface area contributed by atoms with Crippen molar-refractivity contribution < 1.29 is 18.4 Å². The monoisotopic (exact) mass is 352 g/mol. The molecule has 0 bridgehead atoms. The minimum atomic E-state index is -0.296. The Morgan fingerprint density at radius 2 is 1.96 bits per heavy atom. The molecule has 2 aromatic carbocycles. The molecular formula is C20H17FN2O3. The van der Waals surface area contributed by atoms with Crippen molar-refractivity contribution in [1.82, 2.24) is 10.1 Å². The smallest absolute Gasteiger partial charge is 0.257 e. The molecule has 26 heavy (non-hydrogen) atoms. The highest BCUT2D eigenvalue weighted by Crippen LogP contribution is 2.31. The molecular weight excluding hydrogens is 335 g/mol. The number of para-hydroxylation sites is 1. The molecule has 132 valence electrons. The number of carbonyl (C=O) groups excluding carboxylic acids is 1. The molecule has 6 heteroatoms. The van der Waals surface area contributed by atoms with E-state index < -0.39 is 0 Å². The first-order valence-electron chi connectivity index (χ1n) is 8.33. The Kier molecular flexibility index (Phi) is 4.16. The van der Waals surface area contributed by atoms with E-state index in [9.17, 15) is 9.18 Å². The van der Waals surface area contributed by atoms with Gasteiger partial charge in [-0.3, -0.25) is 4.79 Å². The first kappa shape index (κ1) is 16.3. The quantitative estimate of drug-likeness (QED) is 0.721. The van der Waals surface area contributed by atoms with Crippen LogP contribution < -0.4 is 4.74 Å². The second kappa shape index (κ2) is 6.63. The highest BCUT2D eigenvalue weighted by atomic mass is 19.1. The molecule has 0 atom stereocenters. The Hall–Kier alpha value is -3.15. The molecule has 1 aromatic heterocycles. The number of benzene rings is 2. The molecule has 4 rings (SSSR count). The minimum absolute atomic E-state index is 0.0977. The number of rotatable bonds is 3. The van der Waals surface area contributed by atoms with Crippen LogP contribution in [-0.4, -0.2) is 29.6 Å². The van der Waals surface area contributed by atoms with E-state index in [0.29, 0.717) is 36.6 Å². The van der Waals surface area contributed by atoms with E-state index in [-0.39, 0.29) is 11.7 Å². The van der Waals surface area contributed by atoms with E-state index >= 15 is 0 Å². The Morgan fingerprint density at radius 3 is 2.73 bits per heavy atom. The number of hydrogen-bond donors (Lipinski definition) is 0. The molecule has 1 aliphatic rings. The van der Waals surface area contributed by atoms with Crippen LogP contribution in [0.25, 0.3) is 11.3 Å². The fourth-order valence-electron chi connectivity index (χ4n) is 3.22. The lowest BCUT2D eigenvalue weighted by atomic mass is 10.00. The summed E-state index contributed by atoms with van der Waals surface area (Å²) in [6, 6.07) is 13.3. The highest BCUT2D eigenvalue weighted by molar-refractivity contribution is 5.97. The minimum Gasteiger partial charge on any atom is -0.496 e. The average molecular weight is 352 g/mol. The number of nitrogens with zero attached hydrogens (tertiary/aromatic N) is 2. The van der Waals surface area contributed by atoms with Crippen LogP contribution in [0.3, 0.4) is 0 Å². The van der Waals surface area contributed by atoms with Crippen LogP contribution >= 0.6 is 0 Å². The van der Waals surface area contributed by atoms with Gasteiger partial charge in [-0.1, -0.05) is 17.3 Å². The van der Waals surface area contributed by atoms with Gasteiger partial charge in [0.05, 0.1) is 19.2 Å². The summed E-state index contributed by atoms with van der Waals surface area (Å²) in [5, 5.41) is 4.13. The number of methoxy groups -OCH3 is 1. The fourth-order valence-corrected chi connectivity index (χ4v) is 3.22. The standard InChI is InChI=1S/C20H17FN2O3/c1-25-18-5-3-2-4-16(18)20(24)23-11-10-15-17(12-23)22-26-19(15)13-6-8-14(21)9-7-13/h2-9H,10-12H2,1H3. The van der Waals surface area contributed by atoms with Crippen LogP contribution in [0, 0.1) is 5.82 Å². The van der Waals surface area contributed by atoms with E-state index in [4.69, 9.17) is 9.26 Å². The number of ether oxygens (including phenoxy) is 1. The lowest BCUT2D eigenvalue weighted by molar-refractivity contribution is 0.0728. The molecule has 0 fully saturated rings. The molecule has 2 heterocycles. The van der Waals surface area contributed by atoms with Crippen LogP contribution in [0.5, 0.6) is 5.75 Å². The van der Waals surface area contributed by atoms with Gasteiger partial charge in [-0.2, -0.15) is 0 Å². The van der Waals surface area contributed by atoms with E-state index in [1.807, 2.05) is 12.1 Å². The maximum absolute atomic E-state index is 13.1. The second-order valence-corrected chi connectivity index (χ2v) is 6.12. The zero-order valence-corrected chi connectivity index (χ0v) is 14.2. The summed E-state index contributed by atoms with van der Waals surface area (Å²) in [5.41, 5.74) is 3.02. The van der Waals surface area contributed by atoms with Gasteiger partial charge >= 0.3 is 0 Å². The maximum Gasteiger partial charge on any atom is 0.257 e. The Morgan fingerprint density at radius 1 is 1.19 bits per heavy atom. The van der Waals surface area contributed by atoms with E-state index in [1.165, 1.54) is 12.1 Å². The third-order valence-corrected chi connectivity index (χ3v) is 4.57. The molecule has 0 radical (unpaired) electrons. The number of aromatic nitrogens is 1. The lowest BCUT2D eigenvalue weighted by Gasteiger charge is -2.26. The van der Waals surface area contributed by atoms with Gasteiger partial charge in [0.1, 0.15) is 17.3 Å². The van der Waals surface area contributed by atoms with Crippen molar-refractivity contribution in [2.24, 2.45) is 0 Å². The molecule has 0 saturated carbocycles. The van der Waals surface area contributed by atoms with Crippen LogP contribution in [0.1, 0.15) is 21.6 Å². The summed E-state index contributed by atoms with van der Waals surface area (Å²) in [5.74, 6) is 0.801. The summed E-state index contributed by atoms with van der Waals surface area (Å²) < 4.78 is 23.9. The van der Waals surface area contributed by atoms with Gasteiger partial charge in [-0.25, -0.2) is 4.39 Å². The summed E-state index contributed by atoms with van der Waals surface area (Å²) in [6.45, 7) is 0.927. The Balaban J connectivity index is 1.59. The number of halogens is 1. The first-order valence-corrected chi connectivity index (χ1v) is 8.33. The second-order valence-electron chi connectivity index (χ2n) is 6.12. The predicted molar refractivity (Wildman–Crippen MR) is 93.3 cm³/mol. The van der Waals surface area contributed by atoms with Crippen molar-refractivity contribution in [3.63, 3.8) is 0 Å². The molecule has 1 aliphatic heterocycles. The number of hydrogen-bond acceptors (Lipinski definition) is 4. The van der Waals surface area contributed by atoms with Crippen molar-refractivity contribution in [2.45, 2.75) is 13.0 Å². The van der Waals surface area contributed by atoms with E-state index in [0.717, 1.165) is 16.8 Å². The van der Waals surface area contributed by atoms with Gasteiger partial charge in [0.2, 0.25) is 0 Å². The molecule has 5 nitrogen and oxygen atoms in total. The van der Waals surface area contributed by atoms with Crippen LogP contribution in [0.15, 0.2) is 53.1 Å². The Labute approximate surface area is 150 Å². The van der Waals surface area contributed by atoms with Gasteiger partial charge in [-0.05, 0) is 42.8 Å². The molecule has 0 unspecified atom stereocenters. The molecule has 0 aliphatic carbocycles. The lowest BCUT2D eigenvalue weighted by Crippen LogP contribution is -2.36. The maximum atomic E-state index is 13.1. The van der Waals surface area contributed by atoms with Crippen molar-refractivity contribution in [1.29, 1.82) is 0 Å². The topological polar surface area (TPSA) is 55.6 Å². The van der Waals surface area contributed by atoms with Gasteiger partial charge in [0, 0.05) is 17.7 Å². The summed E-state index contributed by atoms with van der Waals surface area (Å²) in [7, 11) is 1.55. The summed E-state index contributed by atoms with van der Waals surface area (Å²) in [4.78, 5) is 14.6. The summed E-state index contributed by atoms with van der Waals surface area (Å²) >= 11 is 0. The summed E-state index contributed by atoms with van der Waals surface area (Å²) in [6.07, 6.45) is 0.631. The van der Waals surface area contributed by atoms with Gasteiger partial charge in [0.15, 0.2) is 5.76 Å². The molecule has 0 saturated heterocycles. The van der Waals surface area contributed by atoms with Crippen LogP contribution in [-0.2, 0) is 13.0 Å². The number of fused-ring (bicyclic) bond motifs is 1. The van der Waals surface area contributed by atoms with Crippen molar-refractivity contribution in [3.8, 4) is 17.1 Å². The molecule has 1 amide bonds. The Bertz CT molecular complexity index is 950. The third kappa shape index (κ3) is 2.83. The molecule has 3 aromatic rings. The third-order valence-electron chi connectivity index (χ3n) is 4.57. The number of carbonyl (C=O) groups is 1.